The summed E-state index contributed by atoms with van der Waals surface area (Å²) >= 11 is 0. The fourth-order valence-electron chi connectivity index (χ4n) is 4.82. The molecular weight excluding hydrogens is 312 g/mol. The fourth-order valence-corrected chi connectivity index (χ4v) is 4.82. The monoisotopic (exact) mass is 338 g/mol. The molecule has 2 aliphatic heterocycles. The Labute approximate surface area is 149 Å². The molecule has 0 saturated carbocycles. The minimum Gasteiger partial charge on any atom is -0.361 e. The van der Waals surface area contributed by atoms with Crippen molar-refractivity contribution in [3.05, 3.63) is 47.2 Å². The number of allylic oxidation sites excluding steroid dienone is 2. The number of aromatic nitrogens is 1. The van der Waals surface area contributed by atoms with Gasteiger partial charge in [-0.2, -0.15) is 0 Å². The zero-order chi connectivity index (χ0) is 17.6. The number of rotatable bonds is 3. The first-order valence-electron chi connectivity index (χ1n) is 9.15. The molecule has 0 N–H and O–H groups in total. The molecule has 3 heterocycles. The number of hydrogen-bond donors (Lipinski definition) is 0. The third kappa shape index (κ3) is 2.47. The van der Waals surface area contributed by atoms with Gasteiger partial charge >= 0.3 is 0 Å². The van der Waals surface area contributed by atoms with E-state index in [-0.39, 0.29) is 12.1 Å². The van der Waals surface area contributed by atoms with Crippen molar-refractivity contribution < 1.29 is 9.53 Å². The highest BCUT2D eigenvalue weighted by Crippen LogP contribution is 2.46. The Morgan fingerprint density at radius 3 is 2.80 bits per heavy atom. The third-order valence-electron chi connectivity index (χ3n) is 6.11. The lowest BCUT2D eigenvalue weighted by Gasteiger charge is -2.34. The third-order valence-corrected chi connectivity index (χ3v) is 6.11. The molecule has 4 nitrogen and oxygen atoms in total. The number of ether oxygens (including phenoxy) is 1. The van der Waals surface area contributed by atoms with Crippen LogP contribution in [0, 0.1) is 5.92 Å². The van der Waals surface area contributed by atoms with Crippen molar-refractivity contribution in [3.63, 3.8) is 0 Å². The first-order valence-corrected chi connectivity index (χ1v) is 9.15. The van der Waals surface area contributed by atoms with Crippen molar-refractivity contribution in [2.24, 2.45) is 5.92 Å². The Morgan fingerprint density at radius 1 is 1.28 bits per heavy atom. The number of likely N-dealkylation sites (N-methyl/N-ethyl adjacent to an activating group) is 1. The Balaban J connectivity index is 1.94. The van der Waals surface area contributed by atoms with Crippen LogP contribution in [0.4, 0.5) is 0 Å². The fraction of sp³-hybridized carbons (Fsp3) is 0.476. The molecule has 0 aliphatic carbocycles. The smallest absolute Gasteiger partial charge is 0.145 e. The molecule has 0 fully saturated rings. The van der Waals surface area contributed by atoms with Crippen molar-refractivity contribution in [1.29, 1.82) is 0 Å². The van der Waals surface area contributed by atoms with Crippen LogP contribution in [-0.4, -0.2) is 36.5 Å². The van der Waals surface area contributed by atoms with Crippen molar-refractivity contribution in [1.82, 2.24) is 9.47 Å². The van der Waals surface area contributed by atoms with Gasteiger partial charge in [0.15, 0.2) is 0 Å². The summed E-state index contributed by atoms with van der Waals surface area (Å²) in [6.45, 7) is 3.02. The molecule has 0 spiro atoms. The number of hydrogen-bond acceptors (Lipinski definition) is 3. The molecule has 3 atom stereocenters. The summed E-state index contributed by atoms with van der Waals surface area (Å²) in [6, 6.07) is 9.00. The number of carbonyl (C=O) groups is 1. The second-order valence-corrected chi connectivity index (χ2v) is 7.26. The van der Waals surface area contributed by atoms with Crippen molar-refractivity contribution in [2.45, 2.75) is 38.5 Å². The molecule has 0 radical (unpaired) electrons. The van der Waals surface area contributed by atoms with E-state index < -0.39 is 0 Å². The van der Waals surface area contributed by atoms with Gasteiger partial charge in [-0.3, -0.25) is 9.69 Å². The van der Waals surface area contributed by atoms with E-state index in [0.29, 0.717) is 6.04 Å². The Hall–Kier alpha value is -1.91. The molecule has 4 rings (SSSR count). The van der Waals surface area contributed by atoms with E-state index in [9.17, 15) is 4.79 Å². The maximum atomic E-state index is 11.6. The molecule has 1 aromatic carbocycles. The Morgan fingerprint density at radius 2 is 2.08 bits per heavy atom. The molecule has 0 bridgehead atoms. The van der Waals surface area contributed by atoms with Crippen molar-refractivity contribution in [2.75, 3.05) is 20.7 Å². The Bertz CT molecular complexity index is 836. The van der Waals surface area contributed by atoms with Crippen LogP contribution in [0.1, 0.15) is 43.3 Å². The van der Waals surface area contributed by atoms with E-state index in [1.165, 1.54) is 22.2 Å². The summed E-state index contributed by atoms with van der Waals surface area (Å²) in [5, 5.41) is 1.36. The van der Waals surface area contributed by atoms with E-state index in [1.54, 1.807) is 7.11 Å². The van der Waals surface area contributed by atoms with Crippen LogP contribution in [0.5, 0.6) is 0 Å². The number of para-hydroxylation sites is 1. The predicted molar refractivity (Wildman–Crippen MR) is 99.6 cm³/mol. The number of benzene rings is 1. The van der Waals surface area contributed by atoms with Crippen molar-refractivity contribution in [3.8, 4) is 0 Å². The lowest BCUT2D eigenvalue weighted by Crippen LogP contribution is -2.33. The minimum absolute atomic E-state index is 0.0370. The SMILES string of the molecule is C/C=C(\C=O)[C@H]1C[C@H](OC)n2c3c(c4ccccc42)CCN(C)[C@H]3C1. The zero-order valence-corrected chi connectivity index (χ0v) is 15.2. The maximum Gasteiger partial charge on any atom is 0.145 e. The van der Waals surface area contributed by atoms with Crippen LogP contribution in [0.3, 0.4) is 0 Å². The van der Waals surface area contributed by atoms with Gasteiger partial charge in [0, 0.05) is 24.7 Å². The molecule has 4 heteroatoms. The van der Waals surface area contributed by atoms with E-state index in [2.05, 4.69) is 40.8 Å². The van der Waals surface area contributed by atoms with E-state index in [1.807, 2.05) is 13.0 Å². The molecule has 2 aromatic rings. The van der Waals surface area contributed by atoms with Crippen LogP contribution in [0.25, 0.3) is 10.9 Å². The van der Waals surface area contributed by atoms with Gasteiger partial charge in [-0.15, -0.1) is 0 Å². The van der Waals surface area contributed by atoms with E-state index in [4.69, 9.17) is 4.74 Å². The quantitative estimate of drug-likeness (QED) is 0.629. The first kappa shape index (κ1) is 16.6. The van der Waals surface area contributed by atoms with E-state index in [0.717, 1.165) is 37.7 Å². The van der Waals surface area contributed by atoms with Crippen LogP contribution in [-0.2, 0) is 16.0 Å². The molecular formula is C21H26N2O2. The highest BCUT2D eigenvalue weighted by molar-refractivity contribution is 5.86. The summed E-state index contributed by atoms with van der Waals surface area (Å²) in [7, 11) is 3.99. The molecule has 2 aliphatic rings. The molecule has 0 amide bonds. The normalized spacial score (nSPS) is 27.2. The highest BCUT2D eigenvalue weighted by atomic mass is 16.5. The molecule has 132 valence electrons. The average molecular weight is 338 g/mol. The number of aldehydes is 1. The van der Waals surface area contributed by atoms with Gasteiger partial charge < -0.3 is 9.30 Å². The molecule has 0 saturated heterocycles. The van der Waals surface area contributed by atoms with Gasteiger partial charge in [0.1, 0.15) is 12.5 Å². The van der Waals surface area contributed by atoms with Gasteiger partial charge in [0.2, 0.25) is 0 Å². The lowest BCUT2D eigenvalue weighted by molar-refractivity contribution is -0.105. The van der Waals surface area contributed by atoms with Crippen LogP contribution < -0.4 is 0 Å². The topological polar surface area (TPSA) is 34.5 Å². The van der Waals surface area contributed by atoms with Gasteiger partial charge in [0.25, 0.3) is 0 Å². The summed E-state index contributed by atoms with van der Waals surface area (Å²) in [4.78, 5) is 14.0. The molecule has 25 heavy (non-hydrogen) atoms. The highest BCUT2D eigenvalue weighted by Gasteiger charge is 2.38. The van der Waals surface area contributed by atoms with Crippen LogP contribution >= 0.6 is 0 Å². The van der Waals surface area contributed by atoms with Gasteiger partial charge in [0.05, 0.1) is 11.6 Å². The van der Waals surface area contributed by atoms with Crippen LogP contribution in [0.15, 0.2) is 35.9 Å². The average Bonchev–Trinajstić information content (AvgIpc) is 2.86. The molecule has 1 aromatic heterocycles. The second-order valence-electron chi connectivity index (χ2n) is 7.26. The first-order chi connectivity index (χ1) is 12.2. The second kappa shape index (κ2) is 6.43. The lowest BCUT2D eigenvalue weighted by atomic mass is 9.86. The summed E-state index contributed by atoms with van der Waals surface area (Å²) < 4.78 is 8.35. The van der Waals surface area contributed by atoms with Crippen molar-refractivity contribution >= 4 is 17.2 Å². The number of fused-ring (bicyclic) bond motifs is 3. The van der Waals surface area contributed by atoms with Gasteiger partial charge in [-0.25, -0.2) is 0 Å². The minimum atomic E-state index is -0.0370. The van der Waals surface area contributed by atoms with Gasteiger partial charge in [-0.05, 0) is 56.4 Å². The summed E-state index contributed by atoms with van der Waals surface area (Å²) in [5.74, 6) is 0.226. The summed E-state index contributed by atoms with van der Waals surface area (Å²) in [6.07, 6.45) is 5.83. The largest absolute Gasteiger partial charge is 0.361 e. The van der Waals surface area contributed by atoms with Gasteiger partial charge in [-0.1, -0.05) is 24.3 Å². The number of nitrogens with zero attached hydrogens (tertiary/aromatic N) is 2. The zero-order valence-electron chi connectivity index (χ0n) is 15.2. The summed E-state index contributed by atoms with van der Waals surface area (Å²) in [5.41, 5.74) is 5.02. The van der Waals surface area contributed by atoms with E-state index >= 15 is 0 Å². The maximum absolute atomic E-state index is 11.6. The standard InChI is InChI=1S/C21H26N2O2/c1-4-14(13-24)15-11-19-21-17(9-10-22(19)2)16-7-5-6-8-18(16)23(21)20(12-15)25-3/h4-8,13,15,19-20H,9-12H2,1-3H3/b14-4+/t15-,19+,20+/m1/s1. The Kier molecular flexibility index (Phi) is 4.26. The number of methoxy groups -OCH3 is 1. The predicted octanol–water partition coefficient (Wildman–Crippen LogP) is 3.87. The molecule has 0 unspecified atom stereocenters. The number of carbonyl (C=O) groups excluding carboxylic acids is 1. The van der Waals surface area contributed by atoms with Crippen LogP contribution in [0.2, 0.25) is 0 Å².